The van der Waals surface area contributed by atoms with Crippen LogP contribution in [-0.2, 0) is 14.3 Å². The maximum Gasteiger partial charge on any atom is 0.332 e. The molecule has 1 N–H and O–H groups in total. The second-order valence-corrected chi connectivity index (χ2v) is 4.95. The lowest BCUT2D eigenvalue weighted by Gasteiger charge is -2.35. The second-order valence-electron chi connectivity index (χ2n) is 4.95. The summed E-state index contributed by atoms with van der Waals surface area (Å²) in [5, 5.41) is 3.49. The van der Waals surface area contributed by atoms with Crippen molar-refractivity contribution in [3.05, 3.63) is 0 Å². The van der Waals surface area contributed by atoms with Gasteiger partial charge in [0.25, 0.3) is 0 Å². The van der Waals surface area contributed by atoms with Crippen molar-refractivity contribution in [2.45, 2.75) is 26.3 Å². The maximum absolute atomic E-state index is 11.0. The van der Waals surface area contributed by atoms with Gasteiger partial charge >= 0.3 is 5.97 Å². The maximum atomic E-state index is 11.0. The lowest BCUT2D eigenvalue weighted by molar-refractivity contribution is -0.148. The van der Waals surface area contributed by atoms with E-state index < -0.39 is 0 Å². The topological polar surface area (TPSA) is 50.8 Å². The first-order valence-electron chi connectivity index (χ1n) is 6.78. The minimum Gasteiger partial charge on any atom is -0.464 e. The summed E-state index contributed by atoms with van der Waals surface area (Å²) in [6.07, 6.45) is 1.18. The fraction of sp³-hybridized carbons (Fsp3) is 0.923. The number of carbonyl (C=O) groups excluding carboxylic acids is 1. The third-order valence-corrected chi connectivity index (χ3v) is 3.29. The molecule has 2 atom stereocenters. The van der Waals surface area contributed by atoms with Gasteiger partial charge in [0.2, 0.25) is 0 Å². The lowest BCUT2D eigenvalue weighted by atomic mass is 9.94. The molecule has 0 saturated carbocycles. The average molecular weight is 258 g/mol. The van der Waals surface area contributed by atoms with E-state index >= 15 is 0 Å². The summed E-state index contributed by atoms with van der Waals surface area (Å²) in [5.41, 5.74) is 0. The SMILES string of the molecule is CCOC(=O)COCCNC1CCN(C)CC1C. The third kappa shape index (κ3) is 5.80. The van der Waals surface area contributed by atoms with Crippen molar-refractivity contribution in [3.8, 4) is 0 Å². The molecule has 1 heterocycles. The highest BCUT2D eigenvalue weighted by atomic mass is 16.6. The molecule has 1 aliphatic rings. The van der Waals surface area contributed by atoms with Gasteiger partial charge in [-0.25, -0.2) is 4.79 Å². The number of likely N-dealkylation sites (tertiary alicyclic amines) is 1. The summed E-state index contributed by atoms with van der Waals surface area (Å²) in [6, 6.07) is 0.562. The Balaban J connectivity index is 2.02. The van der Waals surface area contributed by atoms with Crippen molar-refractivity contribution in [1.29, 1.82) is 0 Å². The van der Waals surface area contributed by atoms with Gasteiger partial charge in [-0.15, -0.1) is 0 Å². The Kier molecular flexibility index (Phi) is 7.23. The molecule has 0 spiro atoms. The van der Waals surface area contributed by atoms with Gasteiger partial charge in [0.1, 0.15) is 6.61 Å². The molecule has 0 radical (unpaired) electrons. The van der Waals surface area contributed by atoms with Gasteiger partial charge in [0.15, 0.2) is 0 Å². The Labute approximate surface area is 110 Å². The third-order valence-electron chi connectivity index (χ3n) is 3.29. The van der Waals surface area contributed by atoms with Crippen molar-refractivity contribution in [2.24, 2.45) is 5.92 Å². The van der Waals surface area contributed by atoms with E-state index in [9.17, 15) is 4.79 Å². The van der Waals surface area contributed by atoms with E-state index in [2.05, 4.69) is 24.2 Å². The standard InChI is InChI=1S/C13H26N2O3/c1-4-18-13(16)10-17-8-6-14-12-5-7-15(3)9-11(12)2/h11-12,14H,4-10H2,1-3H3. The Morgan fingerprint density at radius 2 is 2.28 bits per heavy atom. The number of hydrogen-bond acceptors (Lipinski definition) is 5. The number of ether oxygens (including phenoxy) is 2. The first kappa shape index (κ1) is 15.4. The molecule has 5 heteroatoms. The molecule has 2 unspecified atom stereocenters. The largest absolute Gasteiger partial charge is 0.464 e. The van der Waals surface area contributed by atoms with Gasteiger partial charge in [-0.3, -0.25) is 0 Å². The molecule has 1 rings (SSSR count). The number of carbonyl (C=O) groups is 1. The van der Waals surface area contributed by atoms with E-state index in [0.717, 1.165) is 19.6 Å². The first-order chi connectivity index (χ1) is 8.63. The molecule has 0 aliphatic carbocycles. The number of piperidine rings is 1. The van der Waals surface area contributed by atoms with Crippen LogP contribution in [-0.4, -0.2) is 63.4 Å². The molecule has 1 aliphatic heterocycles. The number of hydrogen-bond donors (Lipinski definition) is 1. The average Bonchev–Trinajstić information content (AvgIpc) is 2.31. The molecule has 0 bridgehead atoms. The molecule has 5 nitrogen and oxygen atoms in total. The van der Waals surface area contributed by atoms with Gasteiger partial charge in [0.05, 0.1) is 13.2 Å². The van der Waals surface area contributed by atoms with Crippen LogP contribution in [0.25, 0.3) is 0 Å². The second kappa shape index (κ2) is 8.45. The number of nitrogens with one attached hydrogen (secondary N) is 1. The number of nitrogens with zero attached hydrogens (tertiary/aromatic N) is 1. The highest BCUT2D eigenvalue weighted by Gasteiger charge is 2.23. The van der Waals surface area contributed by atoms with E-state index in [-0.39, 0.29) is 12.6 Å². The van der Waals surface area contributed by atoms with Crippen LogP contribution in [0.1, 0.15) is 20.3 Å². The van der Waals surface area contributed by atoms with Gasteiger partial charge in [-0.1, -0.05) is 6.92 Å². The summed E-state index contributed by atoms with van der Waals surface area (Å²) in [6.45, 7) is 8.16. The minimum atomic E-state index is -0.287. The van der Waals surface area contributed by atoms with Crippen molar-refractivity contribution in [3.63, 3.8) is 0 Å². The van der Waals surface area contributed by atoms with Crippen LogP contribution in [0.2, 0.25) is 0 Å². The quantitative estimate of drug-likeness (QED) is 0.532. The van der Waals surface area contributed by atoms with Gasteiger partial charge in [-0.05, 0) is 32.9 Å². The summed E-state index contributed by atoms with van der Waals surface area (Å²) in [4.78, 5) is 13.4. The van der Waals surface area contributed by atoms with Gasteiger partial charge in [-0.2, -0.15) is 0 Å². The zero-order valence-corrected chi connectivity index (χ0v) is 11.8. The minimum absolute atomic E-state index is 0.0540. The molecule has 18 heavy (non-hydrogen) atoms. The molecule has 0 aromatic heterocycles. The number of esters is 1. The summed E-state index contributed by atoms with van der Waals surface area (Å²) < 4.78 is 10.0. The van der Waals surface area contributed by atoms with E-state index in [1.54, 1.807) is 6.92 Å². The Hall–Kier alpha value is -0.650. The van der Waals surface area contributed by atoms with Crippen molar-refractivity contribution in [1.82, 2.24) is 10.2 Å². The molecule has 0 aromatic carbocycles. The van der Waals surface area contributed by atoms with Crippen LogP contribution in [0.4, 0.5) is 0 Å². The van der Waals surface area contributed by atoms with Crippen molar-refractivity contribution < 1.29 is 14.3 Å². The smallest absolute Gasteiger partial charge is 0.332 e. The Morgan fingerprint density at radius 1 is 1.50 bits per heavy atom. The predicted molar refractivity (Wildman–Crippen MR) is 70.5 cm³/mol. The molecular formula is C13H26N2O3. The summed E-state index contributed by atoms with van der Waals surface area (Å²) >= 11 is 0. The van der Waals surface area contributed by atoms with E-state index in [0.29, 0.717) is 25.2 Å². The lowest BCUT2D eigenvalue weighted by Crippen LogP contribution is -2.47. The highest BCUT2D eigenvalue weighted by Crippen LogP contribution is 2.14. The van der Waals surface area contributed by atoms with Crippen LogP contribution >= 0.6 is 0 Å². The fourth-order valence-corrected chi connectivity index (χ4v) is 2.33. The molecular weight excluding hydrogens is 232 g/mol. The monoisotopic (exact) mass is 258 g/mol. The molecule has 0 aromatic rings. The Bertz CT molecular complexity index is 248. The van der Waals surface area contributed by atoms with Gasteiger partial charge in [0, 0.05) is 19.1 Å². The Morgan fingerprint density at radius 3 is 2.94 bits per heavy atom. The van der Waals surface area contributed by atoms with Crippen LogP contribution in [0.5, 0.6) is 0 Å². The first-order valence-corrected chi connectivity index (χ1v) is 6.78. The normalized spacial score (nSPS) is 25.1. The van der Waals surface area contributed by atoms with E-state index in [4.69, 9.17) is 9.47 Å². The van der Waals surface area contributed by atoms with E-state index in [1.165, 1.54) is 6.42 Å². The van der Waals surface area contributed by atoms with Crippen LogP contribution < -0.4 is 5.32 Å². The van der Waals surface area contributed by atoms with Crippen LogP contribution in [0, 0.1) is 5.92 Å². The van der Waals surface area contributed by atoms with Gasteiger partial charge < -0.3 is 19.7 Å². The predicted octanol–water partition coefficient (Wildman–Crippen LogP) is 0.496. The van der Waals surface area contributed by atoms with Crippen LogP contribution in [0.15, 0.2) is 0 Å². The highest BCUT2D eigenvalue weighted by molar-refractivity contribution is 5.70. The molecule has 106 valence electrons. The zero-order chi connectivity index (χ0) is 13.4. The van der Waals surface area contributed by atoms with Crippen molar-refractivity contribution >= 4 is 5.97 Å². The zero-order valence-electron chi connectivity index (χ0n) is 11.8. The molecule has 1 saturated heterocycles. The van der Waals surface area contributed by atoms with Crippen LogP contribution in [0.3, 0.4) is 0 Å². The molecule has 0 amide bonds. The number of rotatable bonds is 7. The fourth-order valence-electron chi connectivity index (χ4n) is 2.33. The van der Waals surface area contributed by atoms with E-state index in [1.807, 2.05) is 0 Å². The van der Waals surface area contributed by atoms with Crippen molar-refractivity contribution in [2.75, 3.05) is 46.5 Å². The summed E-state index contributed by atoms with van der Waals surface area (Å²) in [7, 11) is 2.16. The summed E-state index contributed by atoms with van der Waals surface area (Å²) in [5.74, 6) is 0.374. The molecule has 1 fully saturated rings.